The Morgan fingerprint density at radius 2 is 2.11 bits per heavy atom. The molecule has 0 saturated heterocycles. The Hall–Kier alpha value is -1.06. The maximum atomic E-state index is 12.2. The third-order valence-electron chi connectivity index (χ3n) is 4.06. The van der Waals surface area contributed by atoms with Crippen molar-refractivity contribution in [1.82, 2.24) is 5.32 Å². The van der Waals surface area contributed by atoms with Crippen LogP contribution in [0.15, 0.2) is 18.2 Å². The second-order valence-electron chi connectivity index (χ2n) is 5.51. The number of amides is 1. The minimum atomic E-state index is -0.115. The number of rotatable bonds is 4. The van der Waals surface area contributed by atoms with Crippen molar-refractivity contribution in [2.45, 2.75) is 32.6 Å². The fraction of sp³-hybridized carbons (Fsp3) is 0.533. The van der Waals surface area contributed by atoms with E-state index in [4.69, 9.17) is 11.6 Å². The normalized spacial score (nSPS) is 17.4. The predicted molar refractivity (Wildman–Crippen MR) is 76.5 cm³/mol. The Morgan fingerprint density at radius 1 is 1.42 bits per heavy atom. The van der Waals surface area contributed by atoms with E-state index < -0.39 is 0 Å². The number of aliphatic hydroxyl groups is 1. The lowest BCUT2D eigenvalue weighted by Crippen LogP contribution is -2.38. The summed E-state index contributed by atoms with van der Waals surface area (Å²) in [7, 11) is 0. The van der Waals surface area contributed by atoms with E-state index in [9.17, 15) is 9.90 Å². The average Bonchev–Trinajstić information content (AvgIpc) is 2.85. The van der Waals surface area contributed by atoms with Crippen LogP contribution in [0.5, 0.6) is 0 Å². The van der Waals surface area contributed by atoms with Gasteiger partial charge in [-0.1, -0.05) is 24.4 Å². The third-order valence-corrected chi connectivity index (χ3v) is 4.29. The van der Waals surface area contributed by atoms with E-state index in [0.29, 0.717) is 17.1 Å². The number of halogens is 1. The molecule has 1 aliphatic carbocycles. The highest BCUT2D eigenvalue weighted by Gasteiger charge is 2.33. The van der Waals surface area contributed by atoms with E-state index in [-0.39, 0.29) is 17.9 Å². The van der Waals surface area contributed by atoms with E-state index in [2.05, 4.69) is 5.32 Å². The molecule has 104 valence electrons. The summed E-state index contributed by atoms with van der Waals surface area (Å²) >= 11 is 5.88. The molecule has 19 heavy (non-hydrogen) atoms. The highest BCUT2D eigenvalue weighted by molar-refractivity contribution is 6.30. The van der Waals surface area contributed by atoms with Crippen LogP contribution in [-0.2, 0) is 0 Å². The smallest absolute Gasteiger partial charge is 0.251 e. The monoisotopic (exact) mass is 281 g/mol. The van der Waals surface area contributed by atoms with Crippen LogP contribution in [0.3, 0.4) is 0 Å². The number of carbonyl (C=O) groups is 1. The molecule has 0 spiro atoms. The molecule has 1 aliphatic rings. The van der Waals surface area contributed by atoms with Crippen molar-refractivity contribution in [3.63, 3.8) is 0 Å². The van der Waals surface area contributed by atoms with Gasteiger partial charge in [0.1, 0.15) is 0 Å². The third kappa shape index (κ3) is 3.28. The molecular formula is C15H20ClNO2. The molecule has 0 aromatic heterocycles. The summed E-state index contributed by atoms with van der Waals surface area (Å²) in [6.07, 6.45) is 4.25. The molecule has 0 heterocycles. The molecular weight excluding hydrogens is 262 g/mol. The summed E-state index contributed by atoms with van der Waals surface area (Å²) in [5, 5.41) is 13.1. The zero-order valence-corrected chi connectivity index (χ0v) is 12.0. The number of carbonyl (C=O) groups excluding carboxylic acids is 1. The van der Waals surface area contributed by atoms with Gasteiger partial charge in [0.25, 0.3) is 5.91 Å². The molecule has 1 amide bonds. The number of hydrogen-bond donors (Lipinski definition) is 2. The van der Waals surface area contributed by atoms with E-state index in [0.717, 1.165) is 31.2 Å². The molecule has 1 aromatic carbocycles. The van der Waals surface area contributed by atoms with Crippen LogP contribution in [0.2, 0.25) is 5.02 Å². The Morgan fingerprint density at radius 3 is 2.68 bits per heavy atom. The summed E-state index contributed by atoms with van der Waals surface area (Å²) in [6, 6.07) is 5.25. The maximum Gasteiger partial charge on any atom is 0.251 e. The number of aliphatic hydroxyl groups excluding tert-OH is 1. The average molecular weight is 282 g/mol. The van der Waals surface area contributed by atoms with E-state index in [1.54, 1.807) is 18.2 Å². The molecule has 0 atom stereocenters. The van der Waals surface area contributed by atoms with Crippen LogP contribution in [0, 0.1) is 12.3 Å². The van der Waals surface area contributed by atoms with Gasteiger partial charge in [0.05, 0.1) is 6.61 Å². The highest BCUT2D eigenvalue weighted by atomic mass is 35.5. The quantitative estimate of drug-likeness (QED) is 0.891. The zero-order chi connectivity index (χ0) is 13.9. The van der Waals surface area contributed by atoms with Crippen molar-refractivity contribution in [3.05, 3.63) is 34.3 Å². The SMILES string of the molecule is Cc1cc(Cl)ccc1C(=O)NCC1(CO)CCCC1. The Labute approximate surface area is 119 Å². The van der Waals surface area contributed by atoms with E-state index in [1.807, 2.05) is 6.92 Å². The largest absolute Gasteiger partial charge is 0.396 e. The van der Waals surface area contributed by atoms with Crippen LogP contribution in [0.25, 0.3) is 0 Å². The molecule has 4 heteroatoms. The van der Waals surface area contributed by atoms with Crippen molar-refractivity contribution >= 4 is 17.5 Å². The lowest BCUT2D eigenvalue weighted by Gasteiger charge is -2.26. The molecule has 1 aromatic rings. The highest BCUT2D eigenvalue weighted by Crippen LogP contribution is 2.36. The standard InChI is InChI=1S/C15H20ClNO2/c1-11-8-12(16)4-5-13(11)14(19)17-9-15(10-18)6-2-3-7-15/h4-5,8,18H,2-3,6-7,9-10H2,1H3,(H,17,19). The van der Waals surface area contributed by atoms with Crippen LogP contribution < -0.4 is 5.32 Å². The van der Waals surface area contributed by atoms with Crippen LogP contribution in [0.4, 0.5) is 0 Å². The van der Waals surface area contributed by atoms with Gasteiger partial charge in [0.2, 0.25) is 0 Å². The van der Waals surface area contributed by atoms with E-state index >= 15 is 0 Å². The fourth-order valence-electron chi connectivity index (χ4n) is 2.76. The van der Waals surface area contributed by atoms with E-state index in [1.165, 1.54) is 0 Å². The van der Waals surface area contributed by atoms with Crippen molar-refractivity contribution < 1.29 is 9.90 Å². The van der Waals surface area contributed by atoms with Crippen molar-refractivity contribution in [3.8, 4) is 0 Å². The van der Waals surface area contributed by atoms with Crippen molar-refractivity contribution in [2.24, 2.45) is 5.41 Å². The second kappa shape index (κ2) is 5.93. The van der Waals surface area contributed by atoms with Gasteiger partial charge in [0.15, 0.2) is 0 Å². The summed E-state index contributed by atoms with van der Waals surface area (Å²) in [5.74, 6) is -0.0890. The minimum Gasteiger partial charge on any atom is -0.396 e. The molecule has 0 bridgehead atoms. The molecule has 1 fully saturated rings. The second-order valence-corrected chi connectivity index (χ2v) is 5.94. The first-order valence-corrected chi connectivity index (χ1v) is 7.09. The van der Waals surface area contributed by atoms with Crippen molar-refractivity contribution in [2.75, 3.05) is 13.2 Å². The first-order chi connectivity index (χ1) is 9.06. The number of aryl methyl sites for hydroxylation is 1. The maximum absolute atomic E-state index is 12.2. The molecule has 0 unspecified atom stereocenters. The van der Waals surface area contributed by atoms with Crippen LogP contribution in [-0.4, -0.2) is 24.2 Å². The molecule has 3 nitrogen and oxygen atoms in total. The Kier molecular flexibility index (Phi) is 4.48. The first-order valence-electron chi connectivity index (χ1n) is 6.72. The lowest BCUT2D eigenvalue weighted by atomic mass is 9.87. The molecule has 0 aliphatic heterocycles. The van der Waals surface area contributed by atoms with Gasteiger partial charge < -0.3 is 10.4 Å². The fourth-order valence-corrected chi connectivity index (χ4v) is 2.99. The molecule has 0 radical (unpaired) electrons. The summed E-state index contributed by atoms with van der Waals surface area (Å²) in [5.41, 5.74) is 1.40. The summed E-state index contributed by atoms with van der Waals surface area (Å²) < 4.78 is 0. The zero-order valence-electron chi connectivity index (χ0n) is 11.2. The minimum absolute atomic E-state index is 0.0890. The van der Waals surface area contributed by atoms with Gasteiger partial charge >= 0.3 is 0 Å². The van der Waals surface area contributed by atoms with Crippen LogP contribution >= 0.6 is 11.6 Å². The van der Waals surface area contributed by atoms with Crippen molar-refractivity contribution in [1.29, 1.82) is 0 Å². The summed E-state index contributed by atoms with van der Waals surface area (Å²) in [6.45, 7) is 2.56. The predicted octanol–water partition coefficient (Wildman–Crippen LogP) is 2.93. The van der Waals surface area contributed by atoms with Gasteiger partial charge in [-0.3, -0.25) is 4.79 Å². The Bertz CT molecular complexity index is 467. The van der Waals surface area contributed by atoms with Gasteiger partial charge in [-0.05, 0) is 43.5 Å². The van der Waals surface area contributed by atoms with Gasteiger partial charge in [0, 0.05) is 22.5 Å². The van der Waals surface area contributed by atoms with Gasteiger partial charge in [-0.15, -0.1) is 0 Å². The van der Waals surface area contributed by atoms with Crippen LogP contribution in [0.1, 0.15) is 41.6 Å². The number of hydrogen-bond acceptors (Lipinski definition) is 2. The topological polar surface area (TPSA) is 49.3 Å². The molecule has 2 N–H and O–H groups in total. The molecule has 2 rings (SSSR count). The molecule has 1 saturated carbocycles. The van der Waals surface area contributed by atoms with Gasteiger partial charge in [-0.2, -0.15) is 0 Å². The lowest BCUT2D eigenvalue weighted by molar-refractivity contribution is 0.0880. The summed E-state index contributed by atoms with van der Waals surface area (Å²) in [4.78, 5) is 12.2. The number of benzene rings is 1. The first kappa shape index (κ1) is 14.4. The Balaban J connectivity index is 2.01. The van der Waals surface area contributed by atoms with Gasteiger partial charge in [-0.25, -0.2) is 0 Å². The number of nitrogens with one attached hydrogen (secondary N) is 1.